The molecule has 19 heteroatoms. The first-order valence-corrected chi connectivity index (χ1v) is 41.6. The van der Waals surface area contributed by atoms with E-state index in [9.17, 15) is 43.2 Å². The zero-order chi connectivity index (χ0) is 68.4. The molecule has 0 fully saturated rings. The van der Waals surface area contributed by atoms with E-state index in [2.05, 4.69) is 34.6 Å². The van der Waals surface area contributed by atoms with Gasteiger partial charge in [-0.3, -0.25) is 37.3 Å². The second kappa shape index (κ2) is 67.3. The summed E-state index contributed by atoms with van der Waals surface area (Å²) in [5.41, 5.74) is 0. The van der Waals surface area contributed by atoms with E-state index >= 15 is 0 Å². The number of aliphatic hydroxyl groups is 1. The molecule has 0 aromatic rings. The van der Waals surface area contributed by atoms with Crippen LogP contribution in [-0.4, -0.2) is 96.7 Å². The second-order valence-corrected chi connectivity index (χ2v) is 30.1. The Morgan fingerprint density at radius 2 is 0.495 bits per heavy atom. The van der Waals surface area contributed by atoms with Crippen molar-refractivity contribution in [2.45, 2.75) is 406 Å². The fourth-order valence-electron chi connectivity index (χ4n) is 11.4. The number of carbonyl (C=O) groups excluding carboxylic acids is 4. The highest BCUT2D eigenvalue weighted by molar-refractivity contribution is 7.47. The Kier molecular flexibility index (Phi) is 65.9. The van der Waals surface area contributed by atoms with Crippen LogP contribution in [0.1, 0.15) is 388 Å². The molecule has 0 saturated carbocycles. The number of hydrogen-bond acceptors (Lipinski definition) is 15. The third-order valence-electron chi connectivity index (χ3n) is 17.3. The van der Waals surface area contributed by atoms with Crippen molar-refractivity contribution >= 4 is 39.5 Å². The summed E-state index contributed by atoms with van der Waals surface area (Å²) in [6, 6.07) is 0. The van der Waals surface area contributed by atoms with Gasteiger partial charge in [-0.05, 0) is 31.6 Å². The van der Waals surface area contributed by atoms with E-state index in [1.54, 1.807) is 0 Å². The molecule has 2 unspecified atom stereocenters. The molecule has 0 aromatic carbocycles. The number of hydrogen-bond donors (Lipinski definition) is 3. The monoisotopic (exact) mass is 1370 g/mol. The van der Waals surface area contributed by atoms with Gasteiger partial charge in [0.1, 0.15) is 19.3 Å². The van der Waals surface area contributed by atoms with Crippen molar-refractivity contribution in [2.24, 2.45) is 5.92 Å². The molecular weight excluding hydrogens is 1220 g/mol. The number of phosphoric acid groups is 2. The Balaban J connectivity index is 5.14. The Hall–Kier alpha value is -1.94. The molecule has 0 radical (unpaired) electrons. The van der Waals surface area contributed by atoms with Crippen LogP contribution < -0.4 is 0 Å². The molecule has 552 valence electrons. The van der Waals surface area contributed by atoms with E-state index in [-0.39, 0.29) is 25.7 Å². The quantitative estimate of drug-likeness (QED) is 0.0222. The van der Waals surface area contributed by atoms with Gasteiger partial charge in [-0.25, -0.2) is 9.13 Å². The number of ether oxygens (including phenoxy) is 4. The molecule has 17 nitrogen and oxygen atoms in total. The fourth-order valence-corrected chi connectivity index (χ4v) is 12.9. The predicted molar refractivity (Wildman–Crippen MR) is 377 cm³/mol. The highest BCUT2D eigenvalue weighted by atomic mass is 31.2. The standard InChI is InChI=1S/C74H144O17P2/c1-6-9-12-15-18-21-24-25-26-27-28-29-30-31-32-33-34-37-40-43-50-55-60-74(79)90-69(63-84-71(76)57-52-47-41-38-35-22-19-16-13-10-7-2)65-88-92(80,81)86-61-68(75)62-87-93(82,83)89-66-70(64-85-72(77)58-53-48-45-44-46-51-56-67(4)5)91-73(78)59-54-49-42-39-36-23-20-17-14-11-8-3/h67-70,75H,6-66H2,1-5H3,(H,80,81)(H,82,83)/t68-,69-,70-/m1/s1. The zero-order valence-corrected chi connectivity index (χ0v) is 62.2. The number of unbranched alkanes of at least 4 members (excludes halogenated alkanes) is 46. The first-order valence-electron chi connectivity index (χ1n) is 38.6. The van der Waals surface area contributed by atoms with E-state index in [1.165, 1.54) is 205 Å². The summed E-state index contributed by atoms with van der Waals surface area (Å²) < 4.78 is 68.3. The van der Waals surface area contributed by atoms with Gasteiger partial charge >= 0.3 is 39.5 Å². The molecule has 0 rings (SSSR count). The normalized spacial score (nSPS) is 14.0. The van der Waals surface area contributed by atoms with Crippen LogP contribution >= 0.6 is 15.6 Å². The van der Waals surface area contributed by atoms with Crippen LogP contribution in [0, 0.1) is 5.92 Å². The maximum absolute atomic E-state index is 13.0. The van der Waals surface area contributed by atoms with Gasteiger partial charge in [0.15, 0.2) is 12.2 Å². The first kappa shape index (κ1) is 91.1. The van der Waals surface area contributed by atoms with Crippen LogP contribution in [0.25, 0.3) is 0 Å². The lowest BCUT2D eigenvalue weighted by Gasteiger charge is -2.21. The van der Waals surface area contributed by atoms with Crippen LogP contribution in [-0.2, 0) is 65.4 Å². The highest BCUT2D eigenvalue weighted by Crippen LogP contribution is 2.45. The number of esters is 4. The van der Waals surface area contributed by atoms with Crippen LogP contribution in [0.5, 0.6) is 0 Å². The number of rotatable bonds is 74. The molecular formula is C74H144O17P2. The summed E-state index contributed by atoms with van der Waals surface area (Å²) in [6.45, 7) is 7.18. The van der Waals surface area contributed by atoms with Crippen molar-refractivity contribution in [1.82, 2.24) is 0 Å². The van der Waals surface area contributed by atoms with Crippen LogP contribution in [0.3, 0.4) is 0 Å². The largest absolute Gasteiger partial charge is 0.472 e. The first-order chi connectivity index (χ1) is 45.0. The molecule has 0 aliphatic heterocycles. The van der Waals surface area contributed by atoms with Crippen molar-refractivity contribution in [3.63, 3.8) is 0 Å². The average Bonchev–Trinajstić information content (AvgIpc) is 3.73. The van der Waals surface area contributed by atoms with E-state index in [1.807, 2.05) is 0 Å². The minimum atomic E-state index is -4.95. The third-order valence-corrected chi connectivity index (χ3v) is 19.2. The average molecular weight is 1370 g/mol. The van der Waals surface area contributed by atoms with Gasteiger partial charge in [0.25, 0.3) is 0 Å². The van der Waals surface area contributed by atoms with E-state index in [0.29, 0.717) is 31.6 Å². The molecule has 0 aromatic heterocycles. The molecule has 3 N–H and O–H groups in total. The summed E-state index contributed by atoms with van der Waals surface area (Å²) in [6.07, 6.45) is 55.8. The molecule has 93 heavy (non-hydrogen) atoms. The predicted octanol–water partition coefficient (Wildman–Crippen LogP) is 21.7. The Bertz CT molecular complexity index is 1790. The molecule has 0 spiro atoms. The maximum Gasteiger partial charge on any atom is 0.472 e. The summed E-state index contributed by atoms with van der Waals surface area (Å²) in [5.74, 6) is -1.44. The van der Waals surface area contributed by atoms with Crippen LogP contribution in [0.15, 0.2) is 0 Å². The number of aliphatic hydroxyl groups excluding tert-OH is 1. The lowest BCUT2D eigenvalue weighted by molar-refractivity contribution is -0.161. The molecule has 0 aliphatic rings. The SMILES string of the molecule is CCCCCCCCCCCCCCCCCCCCCCCCC(=O)O[C@H](COC(=O)CCCCCCCCCCCCC)COP(=O)(O)OC[C@@H](O)COP(=O)(O)OC[C@@H](COC(=O)CCCCCCCCC(C)C)OC(=O)CCCCCCCCCCCCC. The summed E-state index contributed by atoms with van der Waals surface area (Å²) in [7, 11) is -9.90. The smallest absolute Gasteiger partial charge is 0.462 e. The van der Waals surface area contributed by atoms with Crippen LogP contribution in [0.4, 0.5) is 0 Å². The fraction of sp³-hybridized carbons (Fsp3) is 0.946. The van der Waals surface area contributed by atoms with E-state index < -0.39 is 97.5 Å². The van der Waals surface area contributed by atoms with Gasteiger partial charge < -0.3 is 33.8 Å². The van der Waals surface area contributed by atoms with Crippen LogP contribution in [0.2, 0.25) is 0 Å². The van der Waals surface area contributed by atoms with Crippen molar-refractivity contribution in [2.75, 3.05) is 39.6 Å². The molecule has 0 aliphatic carbocycles. The molecule has 5 atom stereocenters. The highest BCUT2D eigenvalue weighted by Gasteiger charge is 2.30. The molecule has 0 saturated heterocycles. The van der Waals surface area contributed by atoms with Gasteiger partial charge in [-0.2, -0.15) is 0 Å². The molecule has 0 amide bonds. The van der Waals surface area contributed by atoms with Gasteiger partial charge in [0.2, 0.25) is 0 Å². The van der Waals surface area contributed by atoms with Gasteiger partial charge in [0.05, 0.1) is 26.4 Å². The number of carbonyl (C=O) groups is 4. The lowest BCUT2D eigenvalue weighted by atomic mass is 10.0. The maximum atomic E-state index is 13.0. The summed E-state index contributed by atoms with van der Waals surface area (Å²) in [5, 5.41) is 10.6. The summed E-state index contributed by atoms with van der Waals surface area (Å²) in [4.78, 5) is 72.6. The van der Waals surface area contributed by atoms with Crippen molar-refractivity contribution < 1.29 is 80.2 Å². The topological polar surface area (TPSA) is 237 Å². The van der Waals surface area contributed by atoms with E-state index in [0.717, 1.165) is 96.3 Å². The molecule has 0 heterocycles. The lowest BCUT2D eigenvalue weighted by Crippen LogP contribution is -2.30. The minimum Gasteiger partial charge on any atom is -0.462 e. The third kappa shape index (κ3) is 68.4. The Labute approximate surface area is 568 Å². The van der Waals surface area contributed by atoms with Gasteiger partial charge in [-0.15, -0.1) is 0 Å². The number of phosphoric ester groups is 2. The zero-order valence-electron chi connectivity index (χ0n) is 60.4. The second-order valence-electron chi connectivity index (χ2n) is 27.2. The van der Waals surface area contributed by atoms with Crippen molar-refractivity contribution in [1.29, 1.82) is 0 Å². The summed E-state index contributed by atoms with van der Waals surface area (Å²) >= 11 is 0. The minimum absolute atomic E-state index is 0.106. The Morgan fingerprint density at radius 1 is 0.290 bits per heavy atom. The van der Waals surface area contributed by atoms with Gasteiger partial charge in [0, 0.05) is 25.7 Å². The Morgan fingerprint density at radius 3 is 0.731 bits per heavy atom. The molecule has 0 bridgehead atoms. The van der Waals surface area contributed by atoms with Crippen molar-refractivity contribution in [3.05, 3.63) is 0 Å². The van der Waals surface area contributed by atoms with Crippen molar-refractivity contribution in [3.8, 4) is 0 Å². The van der Waals surface area contributed by atoms with Gasteiger partial charge in [-0.1, -0.05) is 336 Å². The van der Waals surface area contributed by atoms with E-state index in [4.69, 9.17) is 37.0 Å².